The van der Waals surface area contributed by atoms with Crippen molar-refractivity contribution in [1.29, 1.82) is 0 Å². The molecule has 0 bridgehead atoms. The molecule has 2 aromatic carbocycles. The number of oxazole rings is 1. The van der Waals surface area contributed by atoms with Gasteiger partial charge in [0.1, 0.15) is 5.76 Å². The molecule has 4 nitrogen and oxygen atoms in total. The van der Waals surface area contributed by atoms with E-state index in [1.165, 1.54) is 5.56 Å². The minimum absolute atomic E-state index is 0.0473. The maximum absolute atomic E-state index is 12.4. The van der Waals surface area contributed by atoms with E-state index in [2.05, 4.69) is 10.3 Å². The van der Waals surface area contributed by atoms with Gasteiger partial charge in [0.2, 0.25) is 11.8 Å². The van der Waals surface area contributed by atoms with Gasteiger partial charge >= 0.3 is 0 Å². The van der Waals surface area contributed by atoms with E-state index < -0.39 is 0 Å². The second-order valence-corrected chi connectivity index (χ2v) is 6.26. The normalized spacial score (nSPS) is 12.0. The molecule has 1 aromatic heterocycles. The third-order valence-corrected chi connectivity index (χ3v) is 4.20. The summed E-state index contributed by atoms with van der Waals surface area (Å²) < 4.78 is 5.71. The van der Waals surface area contributed by atoms with Crippen LogP contribution in [0.2, 0.25) is 0 Å². The number of aromatic nitrogens is 1. The lowest BCUT2D eigenvalue weighted by molar-refractivity contribution is -0.121. The van der Waals surface area contributed by atoms with Crippen molar-refractivity contribution in [3.8, 4) is 11.5 Å². The molecule has 0 aliphatic heterocycles. The minimum atomic E-state index is -0.0657. The van der Waals surface area contributed by atoms with E-state index in [0.717, 1.165) is 11.1 Å². The summed E-state index contributed by atoms with van der Waals surface area (Å²) >= 11 is 0. The lowest BCUT2D eigenvalue weighted by Crippen LogP contribution is -2.28. The van der Waals surface area contributed by atoms with E-state index in [1.54, 1.807) is 0 Å². The summed E-state index contributed by atoms with van der Waals surface area (Å²) in [4.78, 5) is 16.9. The van der Waals surface area contributed by atoms with Gasteiger partial charge < -0.3 is 9.73 Å². The highest BCUT2D eigenvalue weighted by molar-refractivity contribution is 5.79. The Hall–Kier alpha value is -2.88. The summed E-state index contributed by atoms with van der Waals surface area (Å²) in [5, 5.41) is 3.02. The zero-order valence-electron chi connectivity index (χ0n) is 14.7. The Morgan fingerprint density at radius 2 is 1.76 bits per heavy atom. The maximum atomic E-state index is 12.4. The molecular weight excluding hydrogens is 312 g/mol. The van der Waals surface area contributed by atoms with Crippen LogP contribution < -0.4 is 5.32 Å². The van der Waals surface area contributed by atoms with Gasteiger partial charge in [0.15, 0.2) is 0 Å². The molecule has 3 aromatic rings. The zero-order chi connectivity index (χ0) is 17.8. The van der Waals surface area contributed by atoms with E-state index in [4.69, 9.17) is 4.42 Å². The van der Waals surface area contributed by atoms with Crippen molar-refractivity contribution in [3.05, 3.63) is 77.2 Å². The van der Waals surface area contributed by atoms with Gasteiger partial charge in [-0.15, -0.1) is 0 Å². The Morgan fingerprint density at radius 1 is 1.08 bits per heavy atom. The molecule has 1 heterocycles. The van der Waals surface area contributed by atoms with Crippen LogP contribution in [0, 0.1) is 13.8 Å². The third-order valence-electron chi connectivity index (χ3n) is 4.20. The van der Waals surface area contributed by atoms with Crippen LogP contribution in [0.4, 0.5) is 0 Å². The van der Waals surface area contributed by atoms with Gasteiger partial charge in [-0.1, -0.05) is 48.0 Å². The molecule has 1 N–H and O–H groups in total. The first kappa shape index (κ1) is 17.0. The van der Waals surface area contributed by atoms with Gasteiger partial charge in [0, 0.05) is 5.56 Å². The molecule has 0 aliphatic carbocycles. The van der Waals surface area contributed by atoms with E-state index >= 15 is 0 Å². The fraction of sp³-hybridized carbons (Fsp3) is 0.238. The summed E-state index contributed by atoms with van der Waals surface area (Å²) in [5.74, 6) is 1.16. The summed E-state index contributed by atoms with van der Waals surface area (Å²) in [6.45, 7) is 5.86. The molecule has 3 rings (SSSR count). The number of hydrogen-bond donors (Lipinski definition) is 1. The third kappa shape index (κ3) is 4.15. The number of nitrogens with zero attached hydrogens (tertiary/aromatic N) is 1. The van der Waals surface area contributed by atoms with Gasteiger partial charge in [-0.2, -0.15) is 0 Å². The van der Waals surface area contributed by atoms with E-state index in [-0.39, 0.29) is 18.4 Å². The molecule has 0 aliphatic rings. The highest BCUT2D eigenvalue weighted by Gasteiger charge is 2.16. The number of aryl methyl sites for hydroxylation is 2. The molecule has 1 unspecified atom stereocenters. The monoisotopic (exact) mass is 334 g/mol. The fourth-order valence-electron chi connectivity index (χ4n) is 2.68. The van der Waals surface area contributed by atoms with Crippen LogP contribution in [0.25, 0.3) is 11.5 Å². The molecule has 0 saturated carbocycles. The van der Waals surface area contributed by atoms with Gasteiger partial charge in [-0.3, -0.25) is 4.79 Å². The first-order valence-corrected chi connectivity index (χ1v) is 8.40. The predicted octanol–water partition coefficient (Wildman–Crippen LogP) is 4.38. The fourth-order valence-corrected chi connectivity index (χ4v) is 2.68. The van der Waals surface area contributed by atoms with Crippen LogP contribution in [-0.4, -0.2) is 10.9 Å². The standard InChI is InChI=1S/C21H22N2O2/c1-14-9-11-17(12-10-14)15(2)22-20(24)13-19-16(3)25-21(23-19)18-7-5-4-6-8-18/h4-12,15H,13H2,1-3H3,(H,22,24). The van der Waals surface area contributed by atoms with Crippen molar-refractivity contribution in [2.45, 2.75) is 33.2 Å². The average Bonchev–Trinajstić information content (AvgIpc) is 2.97. The quantitative estimate of drug-likeness (QED) is 0.753. The number of carbonyl (C=O) groups excluding carboxylic acids is 1. The van der Waals surface area contributed by atoms with Crippen molar-refractivity contribution in [1.82, 2.24) is 10.3 Å². The SMILES string of the molecule is Cc1ccc(C(C)NC(=O)Cc2nc(-c3ccccc3)oc2C)cc1. The summed E-state index contributed by atoms with van der Waals surface area (Å²) in [6.07, 6.45) is 0.207. The van der Waals surface area contributed by atoms with Crippen LogP contribution in [0.1, 0.15) is 35.5 Å². The number of nitrogens with one attached hydrogen (secondary N) is 1. The van der Waals surface area contributed by atoms with E-state index in [0.29, 0.717) is 17.3 Å². The van der Waals surface area contributed by atoms with Crippen molar-refractivity contribution in [2.24, 2.45) is 0 Å². The lowest BCUT2D eigenvalue weighted by atomic mass is 10.1. The highest BCUT2D eigenvalue weighted by Crippen LogP contribution is 2.22. The summed E-state index contributed by atoms with van der Waals surface area (Å²) in [6, 6.07) is 17.8. The Balaban J connectivity index is 1.67. The van der Waals surface area contributed by atoms with Crippen molar-refractivity contribution >= 4 is 5.91 Å². The minimum Gasteiger partial charge on any atom is -0.441 e. The van der Waals surface area contributed by atoms with Crippen LogP contribution in [0.5, 0.6) is 0 Å². The Morgan fingerprint density at radius 3 is 2.44 bits per heavy atom. The Kier molecular flexibility index (Phi) is 4.98. The van der Waals surface area contributed by atoms with Gasteiger partial charge in [-0.05, 0) is 38.5 Å². The van der Waals surface area contributed by atoms with Gasteiger partial charge in [-0.25, -0.2) is 4.98 Å². The first-order valence-electron chi connectivity index (χ1n) is 8.40. The van der Waals surface area contributed by atoms with E-state index in [9.17, 15) is 4.79 Å². The molecule has 0 saturated heterocycles. The van der Waals surface area contributed by atoms with Crippen LogP contribution in [0.3, 0.4) is 0 Å². The zero-order valence-corrected chi connectivity index (χ0v) is 14.7. The van der Waals surface area contributed by atoms with Crippen LogP contribution in [-0.2, 0) is 11.2 Å². The Bertz CT molecular complexity index is 851. The number of hydrogen-bond acceptors (Lipinski definition) is 3. The molecule has 1 atom stereocenters. The van der Waals surface area contributed by atoms with Crippen molar-refractivity contribution in [3.63, 3.8) is 0 Å². The first-order chi connectivity index (χ1) is 12.0. The van der Waals surface area contributed by atoms with E-state index in [1.807, 2.05) is 75.4 Å². The largest absolute Gasteiger partial charge is 0.441 e. The molecule has 25 heavy (non-hydrogen) atoms. The number of amides is 1. The maximum Gasteiger partial charge on any atom is 0.226 e. The van der Waals surface area contributed by atoms with Crippen LogP contribution in [0.15, 0.2) is 59.0 Å². The smallest absolute Gasteiger partial charge is 0.226 e. The van der Waals surface area contributed by atoms with Gasteiger partial charge in [0.05, 0.1) is 18.2 Å². The second-order valence-electron chi connectivity index (χ2n) is 6.26. The molecule has 0 fully saturated rings. The molecule has 4 heteroatoms. The van der Waals surface area contributed by atoms with Gasteiger partial charge in [0.25, 0.3) is 0 Å². The van der Waals surface area contributed by atoms with Crippen molar-refractivity contribution in [2.75, 3.05) is 0 Å². The van der Waals surface area contributed by atoms with Crippen LogP contribution >= 0.6 is 0 Å². The van der Waals surface area contributed by atoms with Crippen molar-refractivity contribution < 1.29 is 9.21 Å². The number of carbonyl (C=O) groups is 1. The number of rotatable bonds is 5. The number of benzene rings is 2. The second kappa shape index (κ2) is 7.34. The summed E-state index contributed by atoms with van der Waals surface area (Å²) in [7, 11) is 0. The molecule has 0 radical (unpaired) electrons. The lowest BCUT2D eigenvalue weighted by Gasteiger charge is -2.14. The molecular formula is C21H22N2O2. The Labute approximate surface area is 147 Å². The highest BCUT2D eigenvalue weighted by atomic mass is 16.4. The predicted molar refractivity (Wildman–Crippen MR) is 98.1 cm³/mol. The average molecular weight is 334 g/mol. The molecule has 0 spiro atoms. The topological polar surface area (TPSA) is 55.1 Å². The molecule has 128 valence electrons. The summed E-state index contributed by atoms with van der Waals surface area (Å²) in [5.41, 5.74) is 3.87. The molecule has 1 amide bonds.